The summed E-state index contributed by atoms with van der Waals surface area (Å²) in [5, 5.41) is 10.8. The number of nitrogens with one attached hydrogen (secondary N) is 2. The van der Waals surface area contributed by atoms with Gasteiger partial charge >= 0.3 is 0 Å². The van der Waals surface area contributed by atoms with Gasteiger partial charge in [-0.2, -0.15) is 4.73 Å². The number of aromatic nitrogens is 2. The van der Waals surface area contributed by atoms with Crippen molar-refractivity contribution < 1.29 is 14.3 Å². The van der Waals surface area contributed by atoms with E-state index >= 15 is 0 Å². The minimum Gasteiger partial charge on any atom is -0.619 e. The molecule has 2 rings (SSSR count). The van der Waals surface area contributed by atoms with Crippen molar-refractivity contribution in [1.82, 2.24) is 15.8 Å². The molecule has 0 aliphatic heterocycles. The Balaban J connectivity index is 1.94. The molecule has 2 N–H and O–H groups in total. The average molecular weight is 258 g/mol. The average Bonchev–Trinajstić information content (AvgIpc) is 2.46. The topological polar surface area (TPSA) is 98.0 Å². The van der Waals surface area contributed by atoms with Crippen molar-refractivity contribution >= 4 is 11.8 Å². The standard InChI is InChI=1S/C12H10N4O3/c17-11(9-1-5-13-6-2-9)14-15-12(18)10-3-7-16(19)8-4-10/h1-8H,(H,14,17)(H,15,18). The summed E-state index contributed by atoms with van der Waals surface area (Å²) in [7, 11) is 0. The Bertz CT molecular complexity index is 584. The van der Waals surface area contributed by atoms with E-state index in [9.17, 15) is 14.8 Å². The fraction of sp³-hybridized carbons (Fsp3) is 0. The second kappa shape index (κ2) is 5.58. The van der Waals surface area contributed by atoms with E-state index in [1.54, 1.807) is 0 Å². The second-order valence-electron chi connectivity index (χ2n) is 3.59. The highest BCUT2D eigenvalue weighted by Gasteiger charge is 2.09. The van der Waals surface area contributed by atoms with Gasteiger partial charge in [-0.1, -0.05) is 0 Å². The molecule has 7 heteroatoms. The van der Waals surface area contributed by atoms with Crippen molar-refractivity contribution in [2.24, 2.45) is 0 Å². The predicted molar refractivity (Wildman–Crippen MR) is 64.6 cm³/mol. The van der Waals surface area contributed by atoms with Gasteiger partial charge in [-0.3, -0.25) is 25.4 Å². The van der Waals surface area contributed by atoms with Crippen LogP contribution in [0.1, 0.15) is 20.7 Å². The first-order valence-electron chi connectivity index (χ1n) is 5.36. The van der Waals surface area contributed by atoms with E-state index in [0.717, 1.165) is 0 Å². The maximum absolute atomic E-state index is 11.6. The number of carbonyl (C=O) groups is 2. The zero-order valence-electron chi connectivity index (χ0n) is 9.74. The summed E-state index contributed by atoms with van der Waals surface area (Å²) in [6, 6.07) is 5.73. The molecule has 0 aliphatic carbocycles. The molecule has 0 radical (unpaired) electrons. The van der Waals surface area contributed by atoms with Crippen LogP contribution < -0.4 is 15.6 Å². The van der Waals surface area contributed by atoms with Crippen LogP contribution in [0.25, 0.3) is 0 Å². The summed E-state index contributed by atoms with van der Waals surface area (Å²) in [5.74, 6) is -0.964. The first-order chi connectivity index (χ1) is 9.16. The highest BCUT2D eigenvalue weighted by molar-refractivity contribution is 5.98. The number of hydrogen-bond donors (Lipinski definition) is 2. The summed E-state index contributed by atoms with van der Waals surface area (Å²) in [6.45, 7) is 0. The Morgan fingerprint density at radius 3 is 1.95 bits per heavy atom. The van der Waals surface area contributed by atoms with Gasteiger partial charge in [0, 0.05) is 30.1 Å². The molecule has 0 saturated carbocycles. The molecular formula is C12H10N4O3. The molecule has 0 unspecified atom stereocenters. The Morgan fingerprint density at radius 2 is 1.42 bits per heavy atom. The van der Waals surface area contributed by atoms with Crippen molar-refractivity contribution in [1.29, 1.82) is 0 Å². The summed E-state index contributed by atoms with van der Waals surface area (Å²) in [4.78, 5) is 27.0. The van der Waals surface area contributed by atoms with Crippen molar-refractivity contribution in [3.05, 3.63) is 65.4 Å². The Hall–Kier alpha value is -2.96. The van der Waals surface area contributed by atoms with Gasteiger partial charge in [-0.25, -0.2) is 0 Å². The summed E-state index contributed by atoms with van der Waals surface area (Å²) in [6.07, 6.45) is 5.33. The molecular weight excluding hydrogens is 248 g/mol. The molecule has 0 bridgehead atoms. The SMILES string of the molecule is O=C(NNC(=O)c1cc[n+]([O-])cc1)c1ccncc1. The first kappa shape index (κ1) is 12.5. The van der Waals surface area contributed by atoms with E-state index in [2.05, 4.69) is 15.8 Å². The third-order valence-corrected chi connectivity index (χ3v) is 2.30. The van der Waals surface area contributed by atoms with Gasteiger partial charge in [-0.15, -0.1) is 0 Å². The number of nitrogens with zero attached hydrogens (tertiary/aromatic N) is 2. The van der Waals surface area contributed by atoms with Gasteiger partial charge in [0.25, 0.3) is 11.8 Å². The number of hydrazine groups is 1. The van der Waals surface area contributed by atoms with E-state index < -0.39 is 11.8 Å². The van der Waals surface area contributed by atoms with Gasteiger partial charge in [0.1, 0.15) is 0 Å². The number of hydrogen-bond acceptors (Lipinski definition) is 4. The zero-order valence-corrected chi connectivity index (χ0v) is 9.74. The van der Waals surface area contributed by atoms with E-state index in [4.69, 9.17) is 0 Å². The van der Waals surface area contributed by atoms with Crippen molar-refractivity contribution in [3.63, 3.8) is 0 Å². The van der Waals surface area contributed by atoms with E-state index in [1.807, 2.05) is 0 Å². The smallest absolute Gasteiger partial charge is 0.270 e. The predicted octanol–water partition coefficient (Wildman–Crippen LogP) is -0.210. The van der Waals surface area contributed by atoms with Crippen LogP contribution in [0.15, 0.2) is 49.1 Å². The zero-order chi connectivity index (χ0) is 13.7. The third kappa shape index (κ3) is 3.25. The lowest BCUT2D eigenvalue weighted by atomic mass is 10.2. The molecule has 0 saturated heterocycles. The molecule has 0 spiro atoms. The molecule has 96 valence electrons. The molecule has 2 aromatic heterocycles. The molecule has 0 aliphatic rings. The van der Waals surface area contributed by atoms with Crippen LogP contribution >= 0.6 is 0 Å². The van der Waals surface area contributed by atoms with Gasteiger partial charge in [0.05, 0.1) is 5.56 Å². The third-order valence-electron chi connectivity index (χ3n) is 2.30. The van der Waals surface area contributed by atoms with Crippen LogP contribution in [0.2, 0.25) is 0 Å². The lowest BCUT2D eigenvalue weighted by Gasteiger charge is -2.06. The number of carbonyl (C=O) groups excluding carboxylic acids is 2. The Morgan fingerprint density at radius 1 is 0.947 bits per heavy atom. The maximum Gasteiger partial charge on any atom is 0.270 e. The molecule has 0 atom stereocenters. The van der Waals surface area contributed by atoms with Crippen LogP contribution in [-0.4, -0.2) is 16.8 Å². The van der Waals surface area contributed by atoms with Crippen molar-refractivity contribution in [3.8, 4) is 0 Å². The molecule has 19 heavy (non-hydrogen) atoms. The van der Waals surface area contributed by atoms with Crippen LogP contribution in [-0.2, 0) is 0 Å². The first-order valence-corrected chi connectivity index (χ1v) is 5.36. The van der Waals surface area contributed by atoms with Crippen molar-refractivity contribution in [2.75, 3.05) is 0 Å². The highest BCUT2D eigenvalue weighted by atomic mass is 16.5. The molecule has 2 aromatic rings. The lowest BCUT2D eigenvalue weighted by Crippen LogP contribution is -2.41. The molecule has 2 amide bonds. The normalized spacial score (nSPS) is 9.68. The summed E-state index contributed by atoms with van der Waals surface area (Å²) >= 11 is 0. The molecule has 2 heterocycles. The molecule has 7 nitrogen and oxygen atoms in total. The Kier molecular flexibility index (Phi) is 3.67. The minimum atomic E-state index is -0.511. The Labute approximate surface area is 108 Å². The summed E-state index contributed by atoms with van der Waals surface area (Å²) in [5.41, 5.74) is 5.15. The fourth-order valence-electron chi connectivity index (χ4n) is 1.33. The number of rotatable bonds is 2. The van der Waals surface area contributed by atoms with Crippen LogP contribution in [0.3, 0.4) is 0 Å². The molecule has 0 aromatic carbocycles. The molecule has 0 fully saturated rings. The number of pyridine rings is 2. The van der Waals surface area contributed by atoms with Gasteiger partial charge in [-0.05, 0) is 12.1 Å². The highest BCUT2D eigenvalue weighted by Crippen LogP contribution is 1.96. The van der Waals surface area contributed by atoms with Crippen LogP contribution in [0.4, 0.5) is 0 Å². The van der Waals surface area contributed by atoms with E-state index in [1.165, 1.54) is 49.1 Å². The largest absolute Gasteiger partial charge is 0.619 e. The van der Waals surface area contributed by atoms with Gasteiger partial charge < -0.3 is 5.21 Å². The van der Waals surface area contributed by atoms with E-state index in [-0.39, 0.29) is 5.56 Å². The van der Waals surface area contributed by atoms with Gasteiger partial charge in [0.2, 0.25) is 0 Å². The second-order valence-corrected chi connectivity index (χ2v) is 3.59. The van der Waals surface area contributed by atoms with Gasteiger partial charge in [0.15, 0.2) is 12.4 Å². The van der Waals surface area contributed by atoms with Crippen LogP contribution in [0.5, 0.6) is 0 Å². The van der Waals surface area contributed by atoms with Crippen molar-refractivity contribution in [2.45, 2.75) is 0 Å². The maximum atomic E-state index is 11.6. The van der Waals surface area contributed by atoms with Crippen LogP contribution in [0, 0.1) is 5.21 Å². The number of amides is 2. The fourth-order valence-corrected chi connectivity index (χ4v) is 1.33. The minimum absolute atomic E-state index is 0.266. The quantitative estimate of drug-likeness (QED) is 0.442. The summed E-state index contributed by atoms with van der Waals surface area (Å²) < 4.78 is 0.562. The monoisotopic (exact) mass is 258 g/mol. The lowest BCUT2D eigenvalue weighted by molar-refractivity contribution is -0.605. The van der Waals surface area contributed by atoms with E-state index in [0.29, 0.717) is 10.3 Å².